The van der Waals surface area contributed by atoms with Crippen molar-refractivity contribution in [2.75, 3.05) is 34.2 Å². The molecule has 16 heavy (non-hydrogen) atoms. The van der Waals surface area contributed by atoms with Crippen molar-refractivity contribution in [2.45, 2.75) is 0 Å². The van der Waals surface area contributed by atoms with Crippen LogP contribution in [0.2, 0.25) is 0 Å². The second-order valence-electron chi connectivity index (χ2n) is 2.96. The standard InChI is InChI=1S/C11H15IO4/c1-13-5-6-15-8-16-11-7-9(12)3-4-10(11)14-2/h3-4,7H,5-6,8H2,1-2H3. The largest absolute Gasteiger partial charge is 0.493 e. The van der Waals surface area contributed by atoms with Crippen molar-refractivity contribution in [2.24, 2.45) is 0 Å². The fourth-order valence-electron chi connectivity index (χ4n) is 1.07. The van der Waals surface area contributed by atoms with E-state index in [1.807, 2.05) is 18.2 Å². The normalized spacial score (nSPS) is 10.2. The van der Waals surface area contributed by atoms with Crippen LogP contribution in [0.5, 0.6) is 11.5 Å². The predicted octanol–water partition coefficient (Wildman–Crippen LogP) is 2.30. The first-order valence-electron chi connectivity index (χ1n) is 4.81. The Morgan fingerprint density at radius 3 is 2.62 bits per heavy atom. The lowest BCUT2D eigenvalue weighted by molar-refractivity contribution is -0.00947. The zero-order chi connectivity index (χ0) is 11.8. The molecule has 5 heteroatoms. The summed E-state index contributed by atoms with van der Waals surface area (Å²) in [5, 5.41) is 0. The van der Waals surface area contributed by atoms with Gasteiger partial charge < -0.3 is 18.9 Å². The van der Waals surface area contributed by atoms with Crippen LogP contribution in [-0.2, 0) is 9.47 Å². The van der Waals surface area contributed by atoms with Crippen molar-refractivity contribution in [3.8, 4) is 11.5 Å². The van der Waals surface area contributed by atoms with E-state index in [9.17, 15) is 0 Å². The summed E-state index contributed by atoms with van der Waals surface area (Å²) in [5.41, 5.74) is 0. The van der Waals surface area contributed by atoms with Crippen LogP contribution in [0.15, 0.2) is 18.2 Å². The van der Waals surface area contributed by atoms with Crippen LogP contribution < -0.4 is 9.47 Å². The number of hydrogen-bond acceptors (Lipinski definition) is 4. The fourth-order valence-corrected chi connectivity index (χ4v) is 1.53. The molecule has 4 nitrogen and oxygen atoms in total. The summed E-state index contributed by atoms with van der Waals surface area (Å²) in [6.45, 7) is 1.27. The molecule has 90 valence electrons. The minimum atomic E-state index is 0.194. The Morgan fingerprint density at radius 1 is 1.12 bits per heavy atom. The smallest absolute Gasteiger partial charge is 0.189 e. The Hall–Kier alpha value is -0.530. The molecule has 0 radical (unpaired) electrons. The van der Waals surface area contributed by atoms with E-state index in [0.29, 0.717) is 24.7 Å². The summed E-state index contributed by atoms with van der Waals surface area (Å²) in [5.74, 6) is 1.39. The van der Waals surface area contributed by atoms with Gasteiger partial charge in [-0.2, -0.15) is 0 Å². The Morgan fingerprint density at radius 2 is 1.94 bits per heavy atom. The van der Waals surface area contributed by atoms with E-state index in [4.69, 9.17) is 18.9 Å². The van der Waals surface area contributed by atoms with Crippen molar-refractivity contribution in [3.63, 3.8) is 0 Å². The van der Waals surface area contributed by atoms with Gasteiger partial charge in [-0.25, -0.2) is 0 Å². The third kappa shape index (κ3) is 4.54. The van der Waals surface area contributed by atoms with Crippen LogP contribution in [0.3, 0.4) is 0 Å². The van der Waals surface area contributed by atoms with E-state index in [-0.39, 0.29) is 6.79 Å². The van der Waals surface area contributed by atoms with E-state index >= 15 is 0 Å². The molecular formula is C11H15IO4. The maximum atomic E-state index is 5.45. The highest BCUT2D eigenvalue weighted by molar-refractivity contribution is 14.1. The molecule has 0 saturated carbocycles. The summed E-state index contributed by atoms with van der Waals surface area (Å²) in [7, 11) is 3.24. The summed E-state index contributed by atoms with van der Waals surface area (Å²) in [4.78, 5) is 0. The van der Waals surface area contributed by atoms with E-state index in [2.05, 4.69) is 22.6 Å². The molecule has 0 unspecified atom stereocenters. The molecule has 0 spiro atoms. The van der Waals surface area contributed by atoms with Gasteiger partial charge in [0.15, 0.2) is 18.3 Å². The average Bonchev–Trinajstić information content (AvgIpc) is 2.29. The van der Waals surface area contributed by atoms with Gasteiger partial charge in [0.1, 0.15) is 0 Å². The lowest BCUT2D eigenvalue weighted by Crippen LogP contribution is -2.08. The van der Waals surface area contributed by atoms with Crippen LogP contribution in [-0.4, -0.2) is 34.2 Å². The topological polar surface area (TPSA) is 36.9 Å². The molecule has 0 aliphatic rings. The number of halogens is 1. The second-order valence-corrected chi connectivity index (χ2v) is 4.20. The maximum Gasteiger partial charge on any atom is 0.189 e. The van der Waals surface area contributed by atoms with Crippen LogP contribution >= 0.6 is 22.6 Å². The van der Waals surface area contributed by atoms with Crippen molar-refractivity contribution < 1.29 is 18.9 Å². The molecule has 1 rings (SSSR count). The highest BCUT2D eigenvalue weighted by Crippen LogP contribution is 2.28. The second kappa shape index (κ2) is 7.70. The quantitative estimate of drug-likeness (QED) is 0.434. The van der Waals surface area contributed by atoms with E-state index < -0.39 is 0 Å². The van der Waals surface area contributed by atoms with Crippen LogP contribution in [0, 0.1) is 3.57 Å². The van der Waals surface area contributed by atoms with Gasteiger partial charge >= 0.3 is 0 Å². The molecule has 0 amide bonds. The zero-order valence-electron chi connectivity index (χ0n) is 9.36. The molecule has 1 aromatic rings. The lowest BCUT2D eigenvalue weighted by atomic mass is 10.3. The Labute approximate surface area is 109 Å². The van der Waals surface area contributed by atoms with Crippen LogP contribution in [0.4, 0.5) is 0 Å². The molecule has 0 saturated heterocycles. The molecule has 0 heterocycles. The summed E-state index contributed by atoms with van der Waals surface area (Å²) in [6, 6.07) is 5.73. The van der Waals surface area contributed by atoms with E-state index in [1.165, 1.54) is 0 Å². The van der Waals surface area contributed by atoms with Gasteiger partial charge in [-0.1, -0.05) is 0 Å². The van der Waals surface area contributed by atoms with Gasteiger partial charge in [0.05, 0.1) is 20.3 Å². The number of rotatable bonds is 7. The first kappa shape index (κ1) is 13.5. The van der Waals surface area contributed by atoms with Crippen molar-refractivity contribution in [1.82, 2.24) is 0 Å². The van der Waals surface area contributed by atoms with E-state index in [1.54, 1.807) is 14.2 Å². The molecule has 0 atom stereocenters. The third-order valence-corrected chi connectivity index (χ3v) is 2.53. The highest BCUT2D eigenvalue weighted by Gasteiger charge is 2.04. The van der Waals surface area contributed by atoms with Gasteiger partial charge in [-0.3, -0.25) is 0 Å². The number of methoxy groups -OCH3 is 2. The monoisotopic (exact) mass is 338 g/mol. The van der Waals surface area contributed by atoms with Crippen molar-refractivity contribution in [3.05, 3.63) is 21.8 Å². The average molecular weight is 338 g/mol. The minimum absolute atomic E-state index is 0.194. The van der Waals surface area contributed by atoms with Gasteiger partial charge in [0, 0.05) is 10.7 Å². The fraction of sp³-hybridized carbons (Fsp3) is 0.455. The van der Waals surface area contributed by atoms with Gasteiger partial charge in [0.25, 0.3) is 0 Å². The Kier molecular flexibility index (Phi) is 6.51. The molecule has 0 aliphatic heterocycles. The maximum absolute atomic E-state index is 5.45. The Balaban J connectivity index is 2.42. The SMILES string of the molecule is COCCOCOc1cc(I)ccc1OC. The van der Waals surface area contributed by atoms with Crippen molar-refractivity contribution in [1.29, 1.82) is 0 Å². The number of hydrogen-bond donors (Lipinski definition) is 0. The van der Waals surface area contributed by atoms with Crippen molar-refractivity contribution >= 4 is 22.6 Å². The predicted molar refractivity (Wildman–Crippen MR) is 69.0 cm³/mol. The minimum Gasteiger partial charge on any atom is -0.493 e. The summed E-state index contributed by atoms with van der Waals surface area (Å²) >= 11 is 2.22. The summed E-state index contributed by atoms with van der Waals surface area (Å²) in [6.07, 6.45) is 0. The molecule has 0 bridgehead atoms. The van der Waals surface area contributed by atoms with Gasteiger partial charge in [-0.05, 0) is 40.8 Å². The first-order valence-corrected chi connectivity index (χ1v) is 5.89. The van der Waals surface area contributed by atoms with Crippen LogP contribution in [0.1, 0.15) is 0 Å². The lowest BCUT2D eigenvalue weighted by Gasteiger charge is -2.11. The summed E-state index contributed by atoms with van der Waals surface area (Å²) < 4.78 is 21.8. The Bertz CT molecular complexity index is 317. The third-order valence-electron chi connectivity index (χ3n) is 1.86. The molecule has 0 aliphatic carbocycles. The molecule has 0 N–H and O–H groups in total. The first-order chi connectivity index (χ1) is 7.77. The molecule has 1 aromatic carbocycles. The molecule has 0 fully saturated rings. The molecule has 0 aromatic heterocycles. The zero-order valence-corrected chi connectivity index (χ0v) is 11.5. The van der Waals surface area contributed by atoms with Gasteiger partial charge in [0.2, 0.25) is 0 Å². The number of ether oxygens (including phenoxy) is 4. The molecular weight excluding hydrogens is 323 g/mol. The van der Waals surface area contributed by atoms with E-state index in [0.717, 1.165) is 3.57 Å². The highest BCUT2D eigenvalue weighted by atomic mass is 127. The van der Waals surface area contributed by atoms with Crippen LogP contribution in [0.25, 0.3) is 0 Å². The van der Waals surface area contributed by atoms with Gasteiger partial charge in [-0.15, -0.1) is 0 Å². The number of benzene rings is 1.